The molecule has 0 bridgehead atoms. The number of halogens is 4. The summed E-state index contributed by atoms with van der Waals surface area (Å²) in [5, 5.41) is 3.62. The van der Waals surface area contributed by atoms with Crippen LogP contribution in [0.1, 0.15) is 22.3 Å². The smallest absolute Gasteiger partial charge is 0.417 e. The fourth-order valence-corrected chi connectivity index (χ4v) is 3.45. The number of nitrogens with zero attached hydrogens (tertiary/aromatic N) is 2. The number of hydrogen-bond donors (Lipinski definition) is 1. The summed E-state index contributed by atoms with van der Waals surface area (Å²) in [6.45, 7) is 0.596. The number of anilines is 1. The highest BCUT2D eigenvalue weighted by Gasteiger charge is 2.37. The maximum Gasteiger partial charge on any atom is 0.417 e. The summed E-state index contributed by atoms with van der Waals surface area (Å²) in [6.07, 6.45) is -4.01. The lowest BCUT2D eigenvalue weighted by Gasteiger charge is -2.19. The summed E-state index contributed by atoms with van der Waals surface area (Å²) in [6, 6.07) is 10.0. The zero-order valence-electron chi connectivity index (χ0n) is 14.5. The standard InChI is InChI=1S/C19H15ClF3N3O2/c20-11-5-6-15-16(9-11)28-18(25-15)24-12-7-8-26(10-12)17(27)13-3-1-2-4-14(13)19(21,22)23/h1-6,9,12H,7-8,10H2,(H,24,25). The number of aromatic nitrogens is 1. The summed E-state index contributed by atoms with van der Waals surface area (Å²) in [4.78, 5) is 18.3. The van der Waals surface area contributed by atoms with Crippen molar-refractivity contribution in [3.05, 3.63) is 58.6 Å². The minimum atomic E-state index is -4.58. The van der Waals surface area contributed by atoms with Gasteiger partial charge in [-0.2, -0.15) is 18.2 Å². The Labute approximate surface area is 163 Å². The van der Waals surface area contributed by atoms with Crippen LogP contribution in [0.3, 0.4) is 0 Å². The van der Waals surface area contributed by atoms with E-state index in [1.165, 1.54) is 23.1 Å². The van der Waals surface area contributed by atoms with Gasteiger partial charge in [-0.1, -0.05) is 23.7 Å². The van der Waals surface area contributed by atoms with Gasteiger partial charge in [0.2, 0.25) is 0 Å². The van der Waals surface area contributed by atoms with Crippen molar-refractivity contribution < 1.29 is 22.4 Å². The predicted molar refractivity (Wildman–Crippen MR) is 98.4 cm³/mol. The number of oxazole rings is 1. The lowest BCUT2D eigenvalue weighted by molar-refractivity contribution is -0.138. The molecule has 9 heteroatoms. The number of amides is 1. The normalized spacial score (nSPS) is 17.3. The van der Waals surface area contributed by atoms with Gasteiger partial charge in [0.15, 0.2) is 5.58 Å². The Kier molecular flexibility index (Phi) is 4.66. The minimum Gasteiger partial charge on any atom is -0.423 e. The molecule has 1 atom stereocenters. The van der Waals surface area contributed by atoms with Crippen molar-refractivity contribution in [2.45, 2.75) is 18.6 Å². The quantitative estimate of drug-likeness (QED) is 0.673. The van der Waals surface area contributed by atoms with Gasteiger partial charge >= 0.3 is 6.18 Å². The van der Waals surface area contributed by atoms with Crippen LogP contribution < -0.4 is 5.32 Å². The molecule has 1 amide bonds. The van der Waals surface area contributed by atoms with Crippen LogP contribution in [-0.2, 0) is 6.18 Å². The molecule has 1 fully saturated rings. The molecule has 2 aromatic carbocycles. The van der Waals surface area contributed by atoms with Gasteiger partial charge in [-0.15, -0.1) is 0 Å². The van der Waals surface area contributed by atoms with E-state index in [0.717, 1.165) is 6.07 Å². The van der Waals surface area contributed by atoms with Gasteiger partial charge in [-0.25, -0.2) is 0 Å². The SMILES string of the molecule is O=C(c1ccccc1C(F)(F)F)N1CCC(Nc2nc3ccc(Cl)cc3o2)C1. The third-order valence-electron chi connectivity index (χ3n) is 4.62. The second-order valence-corrected chi connectivity index (χ2v) is 6.99. The van der Waals surface area contributed by atoms with Crippen LogP contribution in [0.25, 0.3) is 11.1 Å². The Bertz CT molecular complexity index is 1030. The van der Waals surface area contributed by atoms with E-state index in [1.807, 2.05) is 0 Å². The molecule has 0 radical (unpaired) electrons. The van der Waals surface area contributed by atoms with Gasteiger partial charge in [0.05, 0.1) is 11.1 Å². The Morgan fingerprint density at radius 3 is 2.82 bits per heavy atom. The Morgan fingerprint density at radius 1 is 1.25 bits per heavy atom. The Morgan fingerprint density at radius 2 is 2.04 bits per heavy atom. The van der Waals surface area contributed by atoms with Gasteiger partial charge < -0.3 is 14.6 Å². The summed E-state index contributed by atoms with van der Waals surface area (Å²) < 4.78 is 45.1. The van der Waals surface area contributed by atoms with Gasteiger partial charge in [-0.3, -0.25) is 4.79 Å². The molecule has 0 saturated carbocycles. The monoisotopic (exact) mass is 409 g/mol. The number of rotatable bonds is 3. The first-order valence-corrected chi connectivity index (χ1v) is 8.97. The van der Waals surface area contributed by atoms with Crippen LogP contribution in [0.4, 0.5) is 19.2 Å². The van der Waals surface area contributed by atoms with E-state index in [-0.39, 0.29) is 24.2 Å². The lowest BCUT2D eigenvalue weighted by atomic mass is 10.1. The number of nitrogens with one attached hydrogen (secondary N) is 1. The largest absolute Gasteiger partial charge is 0.423 e. The van der Waals surface area contributed by atoms with Crippen molar-refractivity contribution in [3.8, 4) is 0 Å². The highest BCUT2D eigenvalue weighted by atomic mass is 35.5. The van der Waals surface area contributed by atoms with E-state index in [4.69, 9.17) is 16.0 Å². The summed E-state index contributed by atoms with van der Waals surface area (Å²) >= 11 is 5.92. The average Bonchev–Trinajstić information content (AvgIpc) is 3.26. The van der Waals surface area contributed by atoms with E-state index in [2.05, 4.69) is 10.3 Å². The molecule has 3 aromatic rings. The van der Waals surface area contributed by atoms with Gasteiger partial charge in [0.1, 0.15) is 5.52 Å². The van der Waals surface area contributed by atoms with Crippen molar-refractivity contribution in [2.24, 2.45) is 0 Å². The van der Waals surface area contributed by atoms with Crippen LogP contribution in [0.2, 0.25) is 5.02 Å². The van der Waals surface area contributed by atoms with Gasteiger partial charge in [-0.05, 0) is 30.7 Å². The first-order chi connectivity index (χ1) is 13.3. The highest BCUT2D eigenvalue weighted by Crippen LogP contribution is 2.33. The fourth-order valence-electron chi connectivity index (χ4n) is 3.28. The van der Waals surface area contributed by atoms with E-state index in [1.54, 1.807) is 18.2 Å². The van der Waals surface area contributed by atoms with Gasteiger partial charge in [0.25, 0.3) is 11.9 Å². The van der Waals surface area contributed by atoms with Gasteiger partial charge in [0, 0.05) is 30.2 Å². The maximum absolute atomic E-state index is 13.2. The van der Waals surface area contributed by atoms with E-state index in [0.29, 0.717) is 29.1 Å². The summed E-state index contributed by atoms with van der Waals surface area (Å²) in [5.74, 6) is -0.637. The van der Waals surface area contributed by atoms with Crippen molar-refractivity contribution >= 4 is 34.6 Å². The molecular formula is C19H15ClF3N3O2. The van der Waals surface area contributed by atoms with E-state index >= 15 is 0 Å². The highest BCUT2D eigenvalue weighted by molar-refractivity contribution is 6.31. The molecule has 4 rings (SSSR count). The molecule has 5 nitrogen and oxygen atoms in total. The average molecular weight is 410 g/mol. The number of likely N-dealkylation sites (tertiary alicyclic amines) is 1. The zero-order chi connectivity index (χ0) is 19.9. The van der Waals surface area contributed by atoms with Crippen molar-refractivity contribution in [1.82, 2.24) is 9.88 Å². The van der Waals surface area contributed by atoms with Crippen molar-refractivity contribution in [2.75, 3.05) is 18.4 Å². The molecule has 1 saturated heterocycles. The van der Waals surface area contributed by atoms with Crippen LogP contribution in [0, 0.1) is 0 Å². The molecule has 1 aliphatic heterocycles. The summed E-state index contributed by atoms with van der Waals surface area (Å²) in [5.41, 5.74) is -0.101. The van der Waals surface area contributed by atoms with Crippen molar-refractivity contribution in [1.29, 1.82) is 0 Å². The van der Waals surface area contributed by atoms with Crippen LogP contribution in [0.15, 0.2) is 46.9 Å². The number of hydrogen-bond acceptors (Lipinski definition) is 4. The molecule has 1 aromatic heterocycles. The van der Waals surface area contributed by atoms with E-state index < -0.39 is 17.6 Å². The molecule has 1 aliphatic rings. The fraction of sp³-hybridized carbons (Fsp3) is 0.263. The molecule has 1 N–H and O–H groups in total. The Hall–Kier alpha value is -2.74. The number of alkyl halides is 3. The first kappa shape index (κ1) is 18.6. The molecule has 1 unspecified atom stereocenters. The molecule has 0 spiro atoms. The second kappa shape index (κ2) is 7.01. The van der Waals surface area contributed by atoms with Crippen LogP contribution >= 0.6 is 11.6 Å². The van der Waals surface area contributed by atoms with Crippen molar-refractivity contribution in [3.63, 3.8) is 0 Å². The maximum atomic E-state index is 13.2. The number of fused-ring (bicyclic) bond motifs is 1. The number of benzene rings is 2. The third-order valence-corrected chi connectivity index (χ3v) is 4.85. The molecule has 0 aliphatic carbocycles. The molecule has 28 heavy (non-hydrogen) atoms. The predicted octanol–water partition coefficient (Wildman–Crippen LogP) is 4.83. The topological polar surface area (TPSA) is 58.4 Å². The van der Waals surface area contributed by atoms with Crippen LogP contribution in [-0.4, -0.2) is 34.9 Å². The molecule has 2 heterocycles. The van der Waals surface area contributed by atoms with E-state index in [9.17, 15) is 18.0 Å². The summed E-state index contributed by atoms with van der Waals surface area (Å²) in [7, 11) is 0. The molecule has 146 valence electrons. The Balaban J connectivity index is 1.47. The lowest BCUT2D eigenvalue weighted by Crippen LogP contribution is -2.33. The zero-order valence-corrected chi connectivity index (χ0v) is 15.2. The number of carbonyl (C=O) groups is 1. The second-order valence-electron chi connectivity index (χ2n) is 6.56. The minimum absolute atomic E-state index is 0.175. The molecular weight excluding hydrogens is 395 g/mol. The number of carbonyl (C=O) groups excluding carboxylic acids is 1. The third kappa shape index (κ3) is 3.64. The van der Waals surface area contributed by atoms with Crippen LogP contribution in [0.5, 0.6) is 0 Å². The first-order valence-electron chi connectivity index (χ1n) is 8.59.